The van der Waals surface area contributed by atoms with Crippen LogP contribution in [0.15, 0.2) is 60.7 Å². The molecule has 2 aromatic rings. The van der Waals surface area contributed by atoms with E-state index >= 15 is 0 Å². The topological polar surface area (TPSA) is 102 Å². The van der Waals surface area contributed by atoms with Crippen LogP contribution >= 0.6 is 0 Å². The Morgan fingerprint density at radius 1 is 0.233 bits per heavy atom. The number of para-hydroxylation sites is 2. The molecule has 0 unspecified atom stereocenters. The molecule has 244 valence electrons. The molecular formula is C32H50O11. The van der Waals surface area contributed by atoms with Gasteiger partial charge in [0.2, 0.25) is 0 Å². The standard InChI is InChI=1S/C32H50O11/c1-3-7-31(8-4-1)42-29-27-40-25-23-38-21-19-36-17-15-34-13-11-33-12-14-35-16-18-37-20-22-39-24-26-41-28-30-43-32-9-5-2-6-10-32/h1-10H,11-30H2. The molecule has 0 aromatic heterocycles. The molecule has 0 heterocycles. The van der Waals surface area contributed by atoms with Crippen molar-refractivity contribution in [2.45, 2.75) is 0 Å². The summed E-state index contributed by atoms with van der Waals surface area (Å²) in [6.07, 6.45) is 0. The van der Waals surface area contributed by atoms with Crippen LogP contribution in [-0.2, 0) is 42.6 Å². The Balaban J connectivity index is 1.14. The molecule has 0 aliphatic heterocycles. The first-order valence-electron chi connectivity index (χ1n) is 15.0. The third kappa shape index (κ3) is 24.8. The Morgan fingerprint density at radius 3 is 0.628 bits per heavy atom. The van der Waals surface area contributed by atoms with Crippen LogP contribution in [0.5, 0.6) is 11.5 Å². The predicted molar refractivity (Wildman–Crippen MR) is 161 cm³/mol. The highest BCUT2D eigenvalue weighted by Gasteiger charge is 1.97. The van der Waals surface area contributed by atoms with E-state index in [2.05, 4.69) is 0 Å². The highest BCUT2D eigenvalue weighted by Crippen LogP contribution is 2.08. The minimum atomic E-state index is 0.514. The van der Waals surface area contributed by atoms with Crippen LogP contribution in [-0.4, -0.2) is 132 Å². The number of rotatable bonds is 32. The summed E-state index contributed by atoms with van der Waals surface area (Å²) in [6, 6.07) is 19.3. The molecule has 0 fully saturated rings. The van der Waals surface area contributed by atoms with E-state index in [4.69, 9.17) is 52.1 Å². The van der Waals surface area contributed by atoms with Crippen molar-refractivity contribution in [3.8, 4) is 11.5 Å². The van der Waals surface area contributed by atoms with Crippen LogP contribution in [0.1, 0.15) is 0 Å². The lowest BCUT2D eigenvalue weighted by atomic mass is 10.3. The van der Waals surface area contributed by atoms with Crippen molar-refractivity contribution in [1.29, 1.82) is 0 Å². The molecule has 11 nitrogen and oxygen atoms in total. The van der Waals surface area contributed by atoms with Gasteiger partial charge in [0.1, 0.15) is 24.7 Å². The molecule has 0 radical (unpaired) electrons. The Hall–Kier alpha value is -2.32. The van der Waals surface area contributed by atoms with Gasteiger partial charge >= 0.3 is 0 Å². The fourth-order valence-corrected chi connectivity index (χ4v) is 3.33. The first-order valence-corrected chi connectivity index (χ1v) is 15.0. The molecule has 43 heavy (non-hydrogen) atoms. The maximum atomic E-state index is 5.55. The van der Waals surface area contributed by atoms with Crippen LogP contribution in [0, 0.1) is 0 Å². The zero-order valence-electron chi connectivity index (χ0n) is 25.4. The number of hydrogen-bond donors (Lipinski definition) is 0. The van der Waals surface area contributed by atoms with Gasteiger partial charge in [-0.1, -0.05) is 36.4 Å². The summed E-state index contributed by atoms with van der Waals surface area (Å²) in [4.78, 5) is 0. The molecule has 0 amide bonds. The Kier molecular flexibility index (Phi) is 25.5. The van der Waals surface area contributed by atoms with E-state index in [1.807, 2.05) is 60.7 Å². The Labute approximate surface area is 256 Å². The lowest BCUT2D eigenvalue weighted by Gasteiger charge is -2.09. The van der Waals surface area contributed by atoms with Crippen LogP contribution < -0.4 is 9.47 Å². The largest absolute Gasteiger partial charge is 0.491 e. The third-order valence-electron chi connectivity index (χ3n) is 5.46. The smallest absolute Gasteiger partial charge is 0.119 e. The van der Waals surface area contributed by atoms with Gasteiger partial charge in [-0.25, -0.2) is 0 Å². The van der Waals surface area contributed by atoms with Crippen molar-refractivity contribution in [1.82, 2.24) is 0 Å². The van der Waals surface area contributed by atoms with Crippen LogP contribution in [0.2, 0.25) is 0 Å². The van der Waals surface area contributed by atoms with Gasteiger partial charge in [-0.3, -0.25) is 0 Å². The molecule has 0 bridgehead atoms. The van der Waals surface area contributed by atoms with Gasteiger partial charge in [-0.15, -0.1) is 0 Å². The normalized spacial score (nSPS) is 11.2. The van der Waals surface area contributed by atoms with E-state index in [0.29, 0.717) is 132 Å². The second-order valence-electron chi connectivity index (χ2n) is 8.83. The van der Waals surface area contributed by atoms with Crippen molar-refractivity contribution in [2.75, 3.05) is 132 Å². The van der Waals surface area contributed by atoms with Crippen molar-refractivity contribution >= 4 is 0 Å². The first-order chi connectivity index (χ1) is 21.4. The average molecular weight is 611 g/mol. The molecule has 0 N–H and O–H groups in total. The summed E-state index contributed by atoms with van der Waals surface area (Å²) in [5, 5.41) is 0. The van der Waals surface area contributed by atoms with Gasteiger partial charge in [-0.05, 0) is 24.3 Å². The van der Waals surface area contributed by atoms with Crippen molar-refractivity contribution in [3.63, 3.8) is 0 Å². The van der Waals surface area contributed by atoms with Crippen LogP contribution in [0.3, 0.4) is 0 Å². The summed E-state index contributed by atoms with van der Waals surface area (Å²) < 4.78 is 60.4. The lowest BCUT2D eigenvalue weighted by molar-refractivity contribution is -0.0257. The molecule has 0 saturated carbocycles. The summed E-state index contributed by atoms with van der Waals surface area (Å²) >= 11 is 0. The highest BCUT2D eigenvalue weighted by molar-refractivity contribution is 5.21. The minimum Gasteiger partial charge on any atom is -0.491 e. The summed E-state index contributed by atoms with van der Waals surface area (Å²) in [5.74, 6) is 1.69. The number of ether oxygens (including phenoxy) is 11. The van der Waals surface area contributed by atoms with Gasteiger partial charge in [0.15, 0.2) is 0 Å². The fraction of sp³-hybridized carbons (Fsp3) is 0.625. The van der Waals surface area contributed by atoms with Crippen molar-refractivity contribution < 1.29 is 52.1 Å². The summed E-state index contributed by atoms with van der Waals surface area (Å²) in [6.45, 7) is 10.4. The quantitative estimate of drug-likeness (QED) is 0.114. The minimum absolute atomic E-state index is 0.514. The van der Waals surface area contributed by atoms with E-state index < -0.39 is 0 Å². The van der Waals surface area contributed by atoms with E-state index in [1.54, 1.807) is 0 Å². The third-order valence-corrected chi connectivity index (χ3v) is 5.46. The van der Waals surface area contributed by atoms with E-state index in [1.165, 1.54) is 0 Å². The van der Waals surface area contributed by atoms with Crippen LogP contribution in [0.25, 0.3) is 0 Å². The number of benzene rings is 2. The second-order valence-corrected chi connectivity index (χ2v) is 8.83. The lowest BCUT2D eigenvalue weighted by Crippen LogP contribution is -2.15. The zero-order chi connectivity index (χ0) is 30.1. The molecular weight excluding hydrogens is 560 g/mol. The molecule has 2 rings (SSSR count). The second kappa shape index (κ2) is 29.7. The maximum Gasteiger partial charge on any atom is 0.119 e. The van der Waals surface area contributed by atoms with Crippen molar-refractivity contribution in [2.24, 2.45) is 0 Å². The fourth-order valence-electron chi connectivity index (χ4n) is 3.33. The molecule has 0 atom stereocenters. The molecule has 2 aromatic carbocycles. The first kappa shape index (κ1) is 36.9. The molecule has 0 aliphatic rings. The maximum absolute atomic E-state index is 5.55. The summed E-state index contributed by atoms with van der Waals surface area (Å²) in [5.41, 5.74) is 0. The Bertz CT molecular complexity index is 746. The van der Waals surface area contributed by atoms with E-state index in [0.717, 1.165) is 11.5 Å². The molecule has 0 aliphatic carbocycles. The number of hydrogen-bond acceptors (Lipinski definition) is 11. The Morgan fingerprint density at radius 2 is 0.419 bits per heavy atom. The van der Waals surface area contributed by atoms with Gasteiger partial charge in [-0.2, -0.15) is 0 Å². The zero-order valence-corrected chi connectivity index (χ0v) is 25.4. The van der Waals surface area contributed by atoms with Crippen LogP contribution in [0.4, 0.5) is 0 Å². The molecule has 0 saturated heterocycles. The highest BCUT2D eigenvalue weighted by atomic mass is 16.6. The predicted octanol–water partition coefficient (Wildman–Crippen LogP) is 3.29. The monoisotopic (exact) mass is 610 g/mol. The van der Waals surface area contributed by atoms with E-state index in [9.17, 15) is 0 Å². The molecule has 11 heteroatoms. The molecule has 0 spiro atoms. The van der Waals surface area contributed by atoms with Gasteiger partial charge in [0.25, 0.3) is 0 Å². The summed E-state index contributed by atoms with van der Waals surface area (Å²) in [7, 11) is 0. The van der Waals surface area contributed by atoms with Gasteiger partial charge < -0.3 is 52.1 Å². The SMILES string of the molecule is c1ccc(OCCOCCOCCOCCOCCOCCOCCOCCOCCOCCOc2ccccc2)cc1. The van der Waals surface area contributed by atoms with Gasteiger partial charge in [0.05, 0.1) is 119 Å². The van der Waals surface area contributed by atoms with E-state index in [-0.39, 0.29) is 0 Å². The van der Waals surface area contributed by atoms with Gasteiger partial charge in [0, 0.05) is 0 Å². The average Bonchev–Trinajstić information content (AvgIpc) is 3.04. The van der Waals surface area contributed by atoms with Crippen molar-refractivity contribution in [3.05, 3.63) is 60.7 Å².